The van der Waals surface area contributed by atoms with E-state index in [0.717, 1.165) is 6.42 Å². The third-order valence-corrected chi connectivity index (χ3v) is 4.78. The van der Waals surface area contributed by atoms with Crippen LogP contribution in [0.1, 0.15) is 53.8 Å². The molecule has 2 aromatic heterocycles. The molecule has 152 valence electrons. The molecule has 0 spiro atoms. The number of hydrogen-bond donors (Lipinski definition) is 2. The molecule has 1 saturated heterocycles. The standard InChI is InChI=1S/C17H23N5O6/c1-4-5-10-14(16(25)27-3)22(20-19-10)11-6-13(28-12(11)8-23)21-7-9(2)15(24)18-17(21)26/h7,11-13,23H,4-6,8H2,1-3H3,(H,18,24,26)/t11-,12+,13+/m0/s1. The maximum Gasteiger partial charge on any atom is 0.358 e. The van der Waals surface area contributed by atoms with E-state index in [4.69, 9.17) is 9.47 Å². The average Bonchev–Trinajstić information content (AvgIpc) is 3.28. The summed E-state index contributed by atoms with van der Waals surface area (Å²) in [6.07, 6.45) is 1.51. The van der Waals surface area contributed by atoms with Crippen molar-refractivity contribution < 1.29 is 19.4 Å². The number of ether oxygens (including phenoxy) is 2. The lowest BCUT2D eigenvalue weighted by atomic mass is 10.1. The number of esters is 1. The van der Waals surface area contributed by atoms with Crippen LogP contribution in [-0.4, -0.2) is 55.4 Å². The fourth-order valence-corrected chi connectivity index (χ4v) is 3.38. The van der Waals surface area contributed by atoms with Crippen LogP contribution >= 0.6 is 0 Å². The number of nitrogens with zero attached hydrogens (tertiary/aromatic N) is 4. The van der Waals surface area contributed by atoms with Gasteiger partial charge in [-0.1, -0.05) is 18.6 Å². The second-order valence-electron chi connectivity index (χ2n) is 6.66. The van der Waals surface area contributed by atoms with Crippen LogP contribution in [0.15, 0.2) is 15.8 Å². The molecule has 0 aliphatic carbocycles. The number of aromatic nitrogens is 5. The van der Waals surface area contributed by atoms with Gasteiger partial charge in [-0.15, -0.1) is 5.10 Å². The van der Waals surface area contributed by atoms with Gasteiger partial charge in [0.1, 0.15) is 12.3 Å². The van der Waals surface area contributed by atoms with E-state index in [0.29, 0.717) is 17.7 Å². The Kier molecular flexibility index (Phi) is 5.75. The quantitative estimate of drug-likeness (QED) is 0.637. The molecular formula is C17H23N5O6. The van der Waals surface area contributed by atoms with Crippen molar-refractivity contribution in [2.45, 2.75) is 51.5 Å². The zero-order valence-corrected chi connectivity index (χ0v) is 15.9. The molecule has 1 aliphatic rings. The molecule has 3 rings (SSSR count). The van der Waals surface area contributed by atoms with E-state index in [-0.39, 0.29) is 18.7 Å². The largest absolute Gasteiger partial charge is 0.464 e. The number of aliphatic hydroxyl groups is 1. The highest BCUT2D eigenvalue weighted by Crippen LogP contribution is 2.36. The van der Waals surface area contributed by atoms with Crippen LogP contribution in [0.4, 0.5) is 0 Å². The van der Waals surface area contributed by atoms with Crippen molar-refractivity contribution in [3.8, 4) is 0 Å². The SMILES string of the molecule is CCCc1nnn([C@H]2C[C@H](n3cc(C)c(=O)[nH]c3=O)O[C@@H]2CO)c1C(=O)OC. The molecule has 2 aromatic rings. The Bertz CT molecular complexity index is 977. The lowest BCUT2D eigenvalue weighted by molar-refractivity contribution is -0.0325. The van der Waals surface area contributed by atoms with Crippen molar-refractivity contribution in [2.24, 2.45) is 0 Å². The number of carbonyl (C=O) groups excluding carboxylic acids is 1. The third-order valence-electron chi connectivity index (χ3n) is 4.78. The normalized spacial score (nSPS) is 21.8. The minimum Gasteiger partial charge on any atom is -0.464 e. The summed E-state index contributed by atoms with van der Waals surface area (Å²) < 4.78 is 13.4. The van der Waals surface area contributed by atoms with E-state index in [1.54, 1.807) is 6.92 Å². The first-order valence-electron chi connectivity index (χ1n) is 9.02. The number of nitrogens with one attached hydrogen (secondary N) is 1. The van der Waals surface area contributed by atoms with Crippen molar-refractivity contribution in [3.05, 3.63) is 44.0 Å². The van der Waals surface area contributed by atoms with Crippen LogP contribution in [-0.2, 0) is 15.9 Å². The average molecular weight is 393 g/mol. The van der Waals surface area contributed by atoms with Crippen LogP contribution in [0.2, 0.25) is 0 Å². The number of hydrogen-bond acceptors (Lipinski definition) is 8. The highest BCUT2D eigenvalue weighted by atomic mass is 16.5. The first kappa shape index (κ1) is 20.0. The van der Waals surface area contributed by atoms with Crippen LogP contribution in [0.25, 0.3) is 0 Å². The van der Waals surface area contributed by atoms with Crippen LogP contribution in [0.3, 0.4) is 0 Å². The maximum absolute atomic E-state index is 12.3. The van der Waals surface area contributed by atoms with Crippen molar-refractivity contribution in [3.63, 3.8) is 0 Å². The van der Waals surface area contributed by atoms with Gasteiger partial charge in [0.05, 0.1) is 25.5 Å². The molecule has 3 heterocycles. The maximum atomic E-state index is 12.3. The summed E-state index contributed by atoms with van der Waals surface area (Å²) in [5, 5.41) is 18.0. The van der Waals surface area contributed by atoms with Crippen LogP contribution < -0.4 is 11.2 Å². The lowest BCUT2D eigenvalue weighted by Gasteiger charge is -2.17. The van der Waals surface area contributed by atoms with Gasteiger partial charge >= 0.3 is 11.7 Å². The molecule has 3 atom stereocenters. The molecular weight excluding hydrogens is 370 g/mol. The fraction of sp³-hybridized carbons (Fsp3) is 0.588. The molecule has 1 fully saturated rings. The van der Waals surface area contributed by atoms with Crippen molar-refractivity contribution in [2.75, 3.05) is 13.7 Å². The van der Waals surface area contributed by atoms with Crippen molar-refractivity contribution >= 4 is 5.97 Å². The van der Waals surface area contributed by atoms with E-state index < -0.39 is 35.6 Å². The first-order chi connectivity index (χ1) is 13.4. The summed E-state index contributed by atoms with van der Waals surface area (Å²) in [6, 6.07) is -0.540. The fourth-order valence-electron chi connectivity index (χ4n) is 3.38. The monoisotopic (exact) mass is 393 g/mol. The minimum atomic E-state index is -0.741. The van der Waals surface area contributed by atoms with E-state index >= 15 is 0 Å². The van der Waals surface area contributed by atoms with E-state index in [1.807, 2.05) is 6.92 Å². The number of carbonyl (C=O) groups is 1. The van der Waals surface area contributed by atoms with Gasteiger partial charge in [0, 0.05) is 18.2 Å². The number of methoxy groups -OCH3 is 1. The Morgan fingerprint density at radius 3 is 2.86 bits per heavy atom. The summed E-state index contributed by atoms with van der Waals surface area (Å²) in [5.74, 6) is -0.578. The van der Waals surface area contributed by atoms with Crippen molar-refractivity contribution in [1.82, 2.24) is 24.5 Å². The van der Waals surface area contributed by atoms with Crippen molar-refractivity contribution in [1.29, 1.82) is 0 Å². The molecule has 0 radical (unpaired) electrons. The van der Waals surface area contributed by atoms with Crippen LogP contribution in [0.5, 0.6) is 0 Å². The van der Waals surface area contributed by atoms with E-state index in [9.17, 15) is 19.5 Å². The van der Waals surface area contributed by atoms with Gasteiger partial charge in [0.25, 0.3) is 5.56 Å². The molecule has 0 aromatic carbocycles. The Balaban J connectivity index is 2.00. The van der Waals surface area contributed by atoms with Crippen LogP contribution in [0, 0.1) is 6.92 Å². The zero-order chi connectivity index (χ0) is 20.4. The van der Waals surface area contributed by atoms with Gasteiger partial charge < -0.3 is 14.6 Å². The van der Waals surface area contributed by atoms with Gasteiger partial charge in [0.2, 0.25) is 0 Å². The predicted molar refractivity (Wildman–Crippen MR) is 96.1 cm³/mol. The van der Waals surface area contributed by atoms with Gasteiger partial charge in [-0.2, -0.15) is 0 Å². The second kappa shape index (κ2) is 8.07. The molecule has 0 amide bonds. The number of aromatic amines is 1. The number of aryl methyl sites for hydroxylation is 2. The Morgan fingerprint density at radius 2 is 2.21 bits per heavy atom. The highest BCUT2D eigenvalue weighted by molar-refractivity contribution is 5.88. The third kappa shape index (κ3) is 3.50. The van der Waals surface area contributed by atoms with Gasteiger partial charge in [-0.25, -0.2) is 14.3 Å². The highest BCUT2D eigenvalue weighted by Gasteiger charge is 2.40. The molecule has 11 nitrogen and oxygen atoms in total. The second-order valence-corrected chi connectivity index (χ2v) is 6.66. The summed E-state index contributed by atoms with van der Waals surface area (Å²) in [5.41, 5.74) is -0.0126. The molecule has 11 heteroatoms. The molecule has 0 unspecified atom stereocenters. The van der Waals surface area contributed by atoms with Gasteiger partial charge in [0.15, 0.2) is 5.69 Å². The zero-order valence-electron chi connectivity index (χ0n) is 15.9. The van der Waals surface area contributed by atoms with E-state index in [1.165, 1.54) is 22.6 Å². The summed E-state index contributed by atoms with van der Waals surface area (Å²) in [7, 11) is 1.27. The van der Waals surface area contributed by atoms with E-state index in [2.05, 4.69) is 15.3 Å². The number of aliphatic hydroxyl groups excluding tert-OH is 1. The molecule has 0 saturated carbocycles. The number of H-pyrrole nitrogens is 1. The molecule has 2 N–H and O–H groups in total. The minimum absolute atomic E-state index is 0.210. The smallest absolute Gasteiger partial charge is 0.358 e. The lowest BCUT2D eigenvalue weighted by Crippen LogP contribution is -2.33. The van der Waals surface area contributed by atoms with Gasteiger partial charge in [-0.3, -0.25) is 14.3 Å². The molecule has 1 aliphatic heterocycles. The predicted octanol–water partition coefficient (Wildman–Crippen LogP) is -0.303. The Labute approximate surface area is 159 Å². The summed E-state index contributed by atoms with van der Waals surface area (Å²) in [6.45, 7) is 3.19. The Morgan fingerprint density at radius 1 is 1.46 bits per heavy atom. The van der Waals surface area contributed by atoms with Gasteiger partial charge in [-0.05, 0) is 13.3 Å². The molecule has 0 bridgehead atoms. The Hall–Kier alpha value is -2.79. The first-order valence-corrected chi connectivity index (χ1v) is 9.02. The topological polar surface area (TPSA) is 141 Å². The summed E-state index contributed by atoms with van der Waals surface area (Å²) in [4.78, 5) is 38.3. The summed E-state index contributed by atoms with van der Waals surface area (Å²) >= 11 is 0. The number of rotatable bonds is 6. The molecule has 28 heavy (non-hydrogen) atoms.